The Morgan fingerprint density at radius 1 is 0.939 bits per heavy atom. The predicted molar refractivity (Wildman–Crippen MR) is 138 cm³/mol. The maximum atomic E-state index is 13.5. The quantitative estimate of drug-likeness (QED) is 0.353. The van der Waals surface area contributed by atoms with Crippen molar-refractivity contribution in [2.45, 2.75) is 66.2 Å². The lowest BCUT2D eigenvalue weighted by Gasteiger charge is -2.30. The number of phenolic OH excluding ortho intramolecular Hbond substituents is 1. The molecule has 0 saturated carbocycles. The van der Waals surface area contributed by atoms with Gasteiger partial charge in [0.05, 0.1) is 5.69 Å². The van der Waals surface area contributed by atoms with Crippen LogP contribution in [0.15, 0.2) is 35.9 Å². The summed E-state index contributed by atoms with van der Waals surface area (Å²) in [6.45, 7) is 16.0. The van der Waals surface area contributed by atoms with Crippen molar-refractivity contribution in [1.29, 1.82) is 0 Å². The van der Waals surface area contributed by atoms with E-state index in [1.807, 2.05) is 85.7 Å². The second-order valence-corrected chi connectivity index (χ2v) is 11.1. The van der Waals surface area contributed by atoms with Crippen LogP contribution in [0.5, 0.6) is 5.75 Å². The van der Waals surface area contributed by atoms with Gasteiger partial charge in [0.15, 0.2) is 5.11 Å². The highest BCUT2D eigenvalue weighted by atomic mass is 32.1. The van der Waals surface area contributed by atoms with E-state index in [0.29, 0.717) is 11.3 Å². The standard InChI is InChI=1S/C27H32N2O3S/c1-15-9-10-21(16(2)11-15)29-24(32)18(23(31)28-25(29)33)12-17-13-19(26(3,4)5)22(30)20(14-17)27(6,7)8/h9-14,30H,1-8H3,(H,28,31,33)/b18-12+. The van der Waals surface area contributed by atoms with Crippen LogP contribution < -0.4 is 10.2 Å². The van der Waals surface area contributed by atoms with Gasteiger partial charge in [-0.25, -0.2) is 0 Å². The molecule has 174 valence electrons. The van der Waals surface area contributed by atoms with Crippen molar-refractivity contribution >= 4 is 40.9 Å². The third-order valence-corrected chi connectivity index (χ3v) is 6.04. The third kappa shape index (κ3) is 4.86. The third-order valence-electron chi connectivity index (χ3n) is 5.75. The largest absolute Gasteiger partial charge is 0.507 e. The summed E-state index contributed by atoms with van der Waals surface area (Å²) < 4.78 is 0. The number of thiocarbonyl (C=S) groups is 1. The summed E-state index contributed by atoms with van der Waals surface area (Å²) in [4.78, 5) is 27.6. The van der Waals surface area contributed by atoms with Gasteiger partial charge >= 0.3 is 0 Å². The Labute approximate surface area is 201 Å². The number of aryl methyl sites for hydroxylation is 2. The lowest BCUT2D eigenvalue weighted by atomic mass is 9.78. The van der Waals surface area contributed by atoms with Crippen LogP contribution >= 0.6 is 12.2 Å². The summed E-state index contributed by atoms with van der Waals surface area (Å²) in [6, 6.07) is 9.39. The maximum absolute atomic E-state index is 13.5. The zero-order chi connectivity index (χ0) is 24.9. The van der Waals surface area contributed by atoms with Gasteiger partial charge in [-0.3, -0.25) is 19.8 Å². The Morgan fingerprint density at radius 3 is 1.97 bits per heavy atom. The molecule has 0 aliphatic carbocycles. The molecule has 0 unspecified atom stereocenters. The van der Waals surface area contributed by atoms with Crippen LogP contribution in [-0.4, -0.2) is 22.0 Å². The number of rotatable bonds is 2. The first-order chi connectivity index (χ1) is 15.1. The van der Waals surface area contributed by atoms with Crippen LogP contribution in [0.3, 0.4) is 0 Å². The van der Waals surface area contributed by atoms with E-state index in [1.54, 1.807) is 6.08 Å². The summed E-state index contributed by atoms with van der Waals surface area (Å²) >= 11 is 5.34. The van der Waals surface area contributed by atoms with Gasteiger partial charge in [-0.05, 0) is 72.3 Å². The van der Waals surface area contributed by atoms with Gasteiger partial charge in [-0.15, -0.1) is 0 Å². The van der Waals surface area contributed by atoms with Crippen LogP contribution in [0.25, 0.3) is 6.08 Å². The van der Waals surface area contributed by atoms with Gasteiger partial charge in [0.2, 0.25) is 0 Å². The zero-order valence-electron chi connectivity index (χ0n) is 20.6. The predicted octanol–water partition coefficient (Wildman–Crippen LogP) is 5.44. The molecule has 5 nitrogen and oxygen atoms in total. The lowest BCUT2D eigenvalue weighted by molar-refractivity contribution is -0.122. The van der Waals surface area contributed by atoms with Crippen molar-refractivity contribution in [1.82, 2.24) is 5.32 Å². The average molecular weight is 465 g/mol. The Hall–Kier alpha value is -2.99. The van der Waals surface area contributed by atoms with E-state index in [0.717, 1.165) is 22.3 Å². The van der Waals surface area contributed by atoms with E-state index >= 15 is 0 Å². The fraction of sp³-hybridized carbons (Fsp3) is 0.370. The number of aromatic hydroxyl groups is 1. The van der Waals surface area contributed by atoms with Gasteiger partial charge in [-0.1, -0.05) is 59.2 Å². The Kier molecular flexibility index (Phi) is 6.28. The summed E-state index contributed by atoms with van der Waals surface area (Å²) in [5, 5.41) is 13.7. The lowest BCUT2D eigenvalue weighted by Crippen LogP contribution is -2.54. The van der Waals surface area contributed by atoms with Gasteiger partial charge in [0, 0.05) is 11.1 Å². The summed E-state index contributed by atoms with van der Waals surface area (Å²) in [6.07, 6.45) is 1.58. The molecule has 0 radical (unpaired) electrons. The van der Waals surface area contributed by atoms with Crippen LogP contribution in [-0.2, 0) is 20.4 Å². The fourth-order valence-electron chi connectivity index (χ4n) is 3.98. The Balaban J connectivity index is 2.18. The van der Waals surface area contributed by atoms with E-state index in [4.69, 9.17) is 12.2 Å². The van der Waals surface area contributed by atoms with Crippen molar-refractivity contribution in [3.05, 3.63) is 63.7 Å². The van der Waals surface area contributed by atoms with Crippen molar-refractivity contribution in [3.63, 3.8) is 0 Å². The molecule has 1 aliphatic rings. The topological polar surface area (TPSA) is 69.6 Å². The number of nitrogens with one attached hydrogen (secondary N) is 1. The molecule has 1 fully saturated rings. The minimum Gasteiger partial charge on any atom is -0.507 e. The van der Waals surface area contributed by atoms with Crippen LogP contribution in [0.1, 0.15) is 69.4 Å². The molecule has 3 rings (SSSR count). The van der Waals surface area contributed by atoms with E-state index in [1.165, 1.54) is 4.90 Å². The second kappa shape index (κ2) is 8.41. The summed E-state index contributed by atoms with van der Waals surface area (Å²) in [7, 11) is 0. The first-order valence-electron chi connectivity index (χ1n) is 11.0. The maximum Gasteiger partial charge on any atom is 0.270 e. The normalized spacial score (nSPS) is 16.4. The average Bonchev–Trinajstić information content (AvgIpc) is 2.65. The van der Waals surface area contributed by atoms with Gasteiger partial charge in [-0.2, -0.15) is 0 Å². The number of benzene rings is 2. The molecule has 0 atom stereocenters. The Bertz CT molecular complexity index is 1160. The number of carbonyl (C=O) groups is 2. The highest BCUT2D eigenvalue weighted by Gasteiger charge is 2.35. The molecule has 1 aliphatic heterocycles. The molecule has 0 aromatic heterocycles. The molecule has 2 aromatic carbocycles. The highest BCUT2D eigenvalue weighted by molar-refractivity contribution is 7.80. The first-order valence-corrected chi connectivity index (χ1v) is 11.4. The van der Waals surface area contributed by atoms with E-state index in [2.05, 4.69) is 5.32 Å². The molecule has 33 heavy (non-hydrogen) atoms. The van der Waals surface area contributed by atoms with Crippen LogP contribution in [0.4, 0.5) is 5.69 Å². The molecule has 0 spiro atoms. The minimum absolute atomic E-state index is 0.00557. The molecule has 2 N–H and O–H groups in total. The van der Waals surface area contributed by atoms with E-state index < -0.39 is 11.8 Å². The SMILES string of the molecule is Cc1ccc(N2C(=O)/C(=C/c3cc(C(C)(C)C)c(O)c(C(C)(C)C)c3)C(=O)NC2=S)c(C)c1. The van der Waals surface area contributed by atoms with Gasteiger partial charge in [0.1, 0.15) is 11.3 Å². The molecule has 1 saturated heterocycles. The number of amides is 2. The zero-order valence-corrected chi connectivity index (χ0v) is 21.4. The van der Waals surface area contributed by atoms with Gasteiger partial charge in [0.25, 0.3) is 11.8 Å². The van der Waals surface area contributed by atoms with Crippen molar-refractivity contribution in [2.75, 3.05) is 4.90 Å². The van der Waals surface area contributed by atoms with Crippen molar-refractivity contribution in [2.24, 2.45) is 0 Å². The van der Waals surface area contributed by atoms with Gasteiger partial charge < -0.3 is 5.11 Å². The summed E-state index contributed by atoms with van der Waals surface area (Å²) in [5.41, 5.74) is 4.12. The summed E-state index contributed by atoms with van der Waals surface area (Å²) in [5.74, 6) is -0.762. The fourth-order valence-corrected chi connectivity index (χ4v) is 4.26. The molecule has 0 bridgehead atoms. The highest BCUT2D eigenvalue weighted by Crippen LogP contribution is 2.40. The number of hydrogen-bond acceptors (Lipinski definition) is 4. The number of hydrogen-bond donors (Lipinski definition) is 2. The molecule has 6 heteroatoms. The molecular formula is C27H32N2O3S. The molecule has 1 heterocycles. The second-order valence-electron chi connectivity index (χ2n) is 10.7. The molecule has 2 amide bonds. The Morgan fingerprint density at radius 2 is 1.48 bits per heavy atom. The van der Waals surface area contributed by atoms with Crippen LogP contribution in [0.2, 0.25) is 0 Å². The van der Waals surface area contributed by atoms with Crippen LogP contribution in [0, 0.1) is 13.8 Å². The smallest absolute Gasteiger partial charge is 0.270 e. The number of phenols is 1. The molecular weight excluding hydrogens is 432 g/mol. The molecule has 2 aromatic rings. The van der Waals surface area contributed by atoms with Crippen molar-refractivity contribution < 1.29 is 14.7 Å². The van der Waals surface area contributed by atoms with E-state index in [-0.39, 0.29) is 27.3 Å². The number of carbonyl (C=O) groups excluding carboxylic acids is 2. The van der Waals surface area contributed by atoms with E-state index in [9.17, 15) is 14.7 Å². The number of nitrogens with zero attached hydrogens (tertiary/aromatic N) is 1. The number of anilines is 1. The van der Waals surface area contributed by atoms with Crippen molar-refractivity contribution in [3.8, 4) is 5.75 Å². The minimum atomic E-state index is -0.534. The first kappa shape index (κ1) is 24.6. The monoisotopic (exact) mass is 464 g/mol.